The van der Waals surface area contributed by atoms with Gasteiger partial charge in [-0.05, 0) is 85.0 Å². The normalized spacial score (nSPS) is 39.1. The first-order valence-corrected chi connectivity index (χ1v) is 9.37. The van der Waals surface area contributed by atoms with Gasteiger partial charge in [-0.1, -0.05) is 19.4 Å². The van der Waals surface area contributed by atoms with Crippen LogP contribution >= 0.6 is 0 Å². The molecule has 0 saturated heterocycles. The highest BCUT2D eigenvalue weighted by Crippen LogP contribution is 2.60. The van der Waals surface area contributed by atoms with Crippen molar-refractivity contribution in [2.24, 2.45) is 17.3 Å². The molecule has 3 aliphatic rings. The second kappa shape index (κ2) is 5.81. The highest BCUT2D eigenvalue weighted by molar-refractivity contribution is 5.40. The molecule has 0 aliphatic heterocycles. The Balaban J connectivity index is 1.66. The molecule has 0 N–H and O–H groups in total. The SMILES string of the molecule is COc1ccc2c(c1)CCC1C2CCC2(C)C(OC)CCCC12. The van der Waals surface area contributed by atoms with Crippen LogP contribution in [-0.2, 0) is 11.2 Å². The van der Waals surface area contributed by atoms with E-state index in [1.807, 2.05) is 7.11 Å². The van der Waals surface area contributed by atoms with Gasteiger partial charge in [0, 0.05) is 7.11 Å². The zero-order chi connectivity index (χ0) is 16.0. The summed E-state index contributed by atoms with van der Waals surface area (Å²) in [7, 11) is 3.69. The van der Waals surface area contributed by atoms with Crippen LogP contribution in [0.1, 0.15) is 62.5 Å². The number of rotatable bonds is 2. The number of benzene rings is 1. The predicted octanol–water partition coefficient (Wildman–Crippen LogP) is 4.96. The molecular weight excluding hydrogens is 284 g/mol. The van der Waals surface area contributed by atoms with Crippen LogP contribution in [0.15, 0.2) is 18.2 Å². The minimum Gasteiger partial charge on any atom is -0.497 e. The summed E-state index contributed by atoms with van der Waals surface area (Å²) >= 11 is 0. The first-order valence-electron chi connectivity index (χ1n) is 9.37. The lowest BCUT2D eigenvalue weighted by Crippen LogP contribution is -2.51. The Morgan fingerprint density at radius 2 is 1.96 bits per heavy atom. The maximum atomic E-state index is 5.93. The largest absolute Gasteiger partial charge is 0.497 e. The van der Waals surface area contributed by atoms with Crippen LogP contribution in [0.25, 0.3) is 0 Å². The summed E-state index contributed by atoms with van der Waals surface area (Å²) in [5, 5.41) is 0. The molecule has 3 aliphatic carbocycles. The van der Waals surface area contributed by atoms with Gasteiger partial charge >= 0.3 is 0 Å². The van der Waals surface area contributed by atoms with E-state index in [-0.39, 0.29) is 0 Å². The zero-order valence-corrected chi connectivity index (χ0v) is 14.8. The van der Waals surface area contributed by atoms with Crippen molar-refractivity contribution in [2.75, 3.05) is 14.2 Å². The second-order valence-corrected chi connectivity index (χ2v) is 8.18. The first-order chi connectivity index (χ1) is 11.2. The fraction of sp³-hybridized carbons (Fsp3) is 0.714. The average molecular weight is 314 g/mol. The van der Waals surface area contributed by atoms with Crippen LogP contribution in [0, 0.1) is 17.3 Å². The van der Waals surface area contributed by atoms with Crippen molar-refractivity contribution in [3.8, 4) is 5.75 Å². The first kappa shape index (κ1) is 15.5. The van der Waals surface area contributed by atoms with E-state index in [1.165, 1.54) is 50.5 Å². The third kappa shape index (κ3) is 2.33. The van der Waals surface area contributed by atoms with Gasteiger partial charge < -0.3 is 9.47 Å². The number of hydrogen-bond acceptors (Lipinski definition) is 2. The van der Waals surface area contributed by atoms with Crippen LogP contribution in [0.5, 0.6) is 5.75 Å². The van der Waals surface area contributed by atoms with Gasteiger partial charge in [-0.3, -0.25) is 0 Å². The summed E-state index contributed by atoms with van der Waals surface area (Å²) < 4.78 is 11.4. The van der Waals surface area contributed by atoms with Gasteiger partial charge in [-0.2, -0.15) is 0 Å². The van der Waals surface area contributed by atoms with Crippen LogP contribution in [0.3, 0.4) is 0 Å². The Hall–Kier alpha value is -1.02. The van der Waals surface area contributed by atoms with Crippen molar-refractivity contribution in [1.29, 1.82) is 0 Å². The third-order valence-corrected chi connectivity index (χ3v) is 7.37. The summed E-state index contributed by atoms with van der Waals surface area (Å²) in [6, 6.07) is 6.79. The average Bonchev–Trinajstić information content (AvgIpc) is 2.59. The van der Waals surface area contributed by atoms with E-state index in [9.17, 15) is 0 Å². The van der Waals surface area contributed by atoms with Gasteiger partial charge in [0.2, 0.25) is 0 Å². The van der Waals surface area contributed by atoms with Gasteiger partial charge in [-0.15, -0.1) is 0 Å². The van der Waals surface area contributed by atoms with E-state index >= 15 is 0 Å². The molecule has 0 aromatic heterocycles. The molecule has 0 bridgehead atoms. The topological polar surface area (TPSA) is 18.5 Å². The summed E-state index contributed by atoms with van der Waals surface area (Å²) in [4.78, 5) is 0. The highest BCUT2D eigenvalue weighted by Gasteiger charge is 2.53. The number of fused-ring (bicyclic) bond motifs is 5. The molecule has 5 atom stereocenters. The van der Waals surface area contributed by atoms with Crippen LogP contribution in [0.2, 0.25) is 0 Å². The molecule has 23 heavy (non-hydrogen) atoms. The molecule has 4 rings (SSSR count). The van der Waals surface area contributed by atoms with E-state index in [0.29, 0.717) is 11.5 Å². The molecular formula is C21H30O2. The van der Waals surface area contributed by atoms with Gasteiger partial charge in [0.15, 0.2) is 0 Å². The molecule has 2 heteroatoms. The van der Waals surface area contributed by atoms with Crippen molar-refractivity contribution in [1.82, 2.24) is 0 Å². The Kier molecular flexibility index (Phi) is 3.91. The Bertz CT molecular complexity index is 581. The van der Waals surface area contributed by atoms with Gasteiger partial charge in [0.05, 0.1) is 13.2 Å². The minimum absolute atomic E-state index is 0.401. The van der Waals surface area contributed by atoms with E-state index in [0.717, 1.165) is 23.5 Å². The van der Waals surface area contributed by atoms with Crippen molar-refractivity contribution in [3.63, 3.8) is 0 Å². The van der Waals surface area contributed by atoms with E-state index < -0.39 is 0 Å². The van der Waals surface area contributed by atoms with Crippen LogP contribution in [-0.4, -0.2) is 20.3 Å². The quantitative estimate of drug-likeness (QED) is 0.768. The fourth-order valence-corrected chi connectivity index (χ4v) is 6.22. The van der Waals surface area contributed by atoms with E-state index in [4.69, 9.17) is 9.47 Å². The van der Waals surface area contributed by atoms with Gasteiger partial charge in [0.1, 0.15) is 5.75 Å². The Morgan fingerprint density at radius 1 is 1.09 bits per heavy atom. The zero-order valence-electron chi connectivity index (χ0n) is 14.8. The second-order valence-electron chi connectivity index (χ2n) is 8.18. The van der Waals surface area contributed by atoms with E-state index in [2.05, 4.69) is 25.1 Å². The Labute approximate surface area is 140 Å². The van der Waals surface area contributed by atoms with Gasteiger partial charge in [-0.25, -0.2) is 0 Å². The number of ether oxygens (including phenoxy) is 2. The number of methoxy groups -OCH3 is 2. The number of hydrogen-bond donors (Lipinski definition) is 0. The maximum Gasteiger partial charge on any atom is 0.119 e. The smallest absolute Gasteiger partial charge is 0.119 e. The molecule has 2 nitrogen and oxygen atoms in total. The van der Waals surface area contributed by atoms with Crippen molar-refractivity contribution in [2.45, 2.75) is 63.9 Å². The predicted molar refractivity (Wildman–Crippen MR) is 93.0 cm³/mol. The number of aryl methyl sites for hydroxylation is 1. The molecule has 0 heterocycles. The van der Waals surface area contributed by atoms with E-state index in [1.54, 1.807) is 12.7 Å². The monoisotopic (exact) mass is 314 g/mol. The molecule has 126 valence electrons. The van der Waals surface area contributed by atoms with Crippen LogP contribution < -0.4 is 4.74 Å². The van der Waals surface area contributed by atoms with Crippen molar-refractivity contribution in [3.05, 3.63) is 29.3 Å². The summed E-state index contributed by atoms with van der Waals surface area (Å²) in [5.41, 5.74) is 3.55. The highest BCUT2D eigenvalue weighted by atomic mass is 16.5. The lowest BCUT2D eigenvalue weighted by molar-refractivity contribution is -0.114. The van der Waals surface area contributed by atoms with Crippen molar-refractivity contribution < 1.29 is 9.47 Å². The van der Waals surface area contributed by atoms with Gasteiger partial charge in [0.25, 0.3) is 0 Å². The van der Waals surface area contributed by atoms with Crippen LogP contribution in [0.4, 0.5) is 0 Å². The lowest BCUT2D eigenvalue weighted by Gasteiger charge is -2.57. The fourth-order valence-electron chi connectivity index (χ4n) is 6.22. The summed E-state index contributed by atoms with van der Waals surface area (Å²) in [6.07, 6.45) is 9.70. The molecule has 5 unspecified atom stereocenters. The molecule has 2 saturated carbocycles. The third-order valence-electron chi connectivity index (χ3n) is 7.37. The molecule has 0 radical (unpaired) electrons. The minimum atomic E-state index is 0.401. The summed E-state index contributed by atoms with van der Waals surface area (Å²) in [6.45, 7) is 2.52. The molecule has 0 spiro atoms. The molecule has 0 amide bonds. The molecule has 1 aromatic carbocycles. The molecule has 1 aromatic rings. The molecule has 2 fully saturated rings. The summed E-state index contributed by atoms with van der Waals surface area (Å²) in [5.74, 6) is 3.47. The maximum absolute atomic E-state index is 5.93. The Morgan fingerprint density at radius 3 is 2.74 bits per heavy atom. The lowest BCUT2D eigenvalue weighted by atomic mass is 9.50. The van der Waals surface area contributed by atoms with Crippen molar-refractivity contribution >= 4 is 0 Å². The standard InChI is InChI=1S/C21H30O2/c1-21-12-11-17-16-10-8-15(22-2)13-14(16)7-9-18(17)19(21)5-4-6-20(21)23-3/h8,10,13,17-20H,4-7,9,11-12H2,1-3H3.